The maximum atomic E-state index is 10.8. The van der Waals surface area contributed by atoms with Crippen LogP contribution in [0.2, 0.25) is 0 Å². The number of aryl methyl sites for hydroxylation is 1. The number of carboxylic acid groups (broad SMARTS) is 1. The molecular weight excluding hydrogens is 224 g/mol. The van der Waals surface area contributed by atoms with Gasteiger partial charge in [-0.05, 0) is 43.0 Å². The molecule has 0 amide bonds. The molecule has 0 aromatic heterocycles. The smallest absolute Gasteiger partial charge is 0.335 e. The molecule has 88 valence electrons. The van der Waals surface area contributed by atoms with Crippen molar-refractivity contribution in [3.63, 3.8) is 0 Å². The van der Waals surface area contributed by atoms with E-state index < -0.39 is 5.97 Å². The Kier molecular flexibility index (Phi) is 5.19. The highest BCUT2D eigenvalue weighted by molar-refractivity contribution is 7.98. The number of rotatable bonds is 6. The summed E-state index contributed by atoms with van der Waals surface area (Å²) >= 11 is 1.77. The summed E-state index contributed by atoms with van der Waals surface area (Å²) in [6.45, 7) is 2.54. The summed E-state index contributed by atoms with van der Waals surface area (Å²) in [7, 11) is 0. The topological polar surface area (TPSA) is 46.5 Å². The van der Waals surface area contributed by atoms with Crippen LogP contribution in [0, 0.1) is 6.92 Å². The Hall–Kier alpha value is -1.16. The Labute approximate surface area is 99.8 Å². The zero-order valence-corrected chi connectivity index (χ0v) is 10.3. The Balaban J connectivity index is 2.63. The molecule has 3 nitrogen and oxygen atoms in total. The van der Waals surface area contributed by atoms with E-state index in [2.05, 4.69) is 6.26 Å². The van der Waals surface area contributed by atoms with Crippen molar-refractivity contribution >= 4 is 17.7 Å². The molecule has 0 unspecified atom stereocenters. The molecule has 0 bridgehead atoms. The molecule has 0 saturated heterocycles. The average molecular weight is 240 g/mol. The highest BCUT2D eigenvalue weighted by Crippen LogP contribution is 2.19. The minimum absolute atomic E-state index is 0.269. The van der Waals surface area contributed by atoms with Gasteiger partial charge < -0.3 is 9.84 Å². The van der Waals surface area contributed by atoms with Gasteiger partial charge in [-0.2, -0.15) is 11.8 Å². The molecule has 0 fully saturated rings. The molecule has 0 aliphatic heterocycles. The lowest BCUT2D eigenvalue weighted by molar-refractivity contribution is 0.0696. The molecule has 0 heterocycles. The van der Waals surface area contributed by atoms with Crippen LogP contribution in [0.15, 0.2) is 18.2 Å². The highest BCUT2D eigenvalue weighted by atomic mass is 32.2. The van der Waals surface area contributed by atoms with Gasteiger partial charge in [-0.15, -0.1) is 0 Å². The lowest BCUT2D eigenvalue weighted by Gasteiger charge is -2.09. The number of ether oxygens (including phenoxy) is 1. The Morgan fingerprint density at radius 1 is 1.50 bits per heavy atom. The number of aromatic carboxylic acids is 1. The first-order valence-electron chi connectivity index (χ1n) is 5.11. The van der Waals surface area contributed by atoms with E-state index in [1.54, 1.807) is 30.0 Å². The first-order valence-corrected chi connectivity index (χ1v) is 6.50. The van der Waals surface area contributed by atoms with E-state index >= 15 is 0 Å². The standard InChI is InChI=1S/C12H16O3S/c1-9-4-5-10(12(13)14)8-11(9)15-6-3-7-16-2/h4-5,8H,3,6-7H2,1-2H3,(H,13,14). The molecule has 1 rings (SSSR count). The highest BCUT2D eigenvalue weighted by Gasteiger charge is 2.06. The molecule has 0 radical (unpaired) electrons. The number of carboxylic acids is 1. The van der Waals surface area contributed by atoms with Crippen LogP contribution < -0.4 is 4.74 Å². The third-order valence-corrected chi connectivity index (χ3v) is 2.88. The lowest BCUT2D eigenvalue weighted by Crippen LogP contribution is -2.02. The van der Waals surface area contributed by atoms with Crippen molar-refractivity contribution in [3.05, 3.63) is 29.3 Å². The van der Waals surface area contributed by atoms with Crippen molar-refractivity contribution in [3.8, 4) is 5.75 Å². The third-order valence-electron chi connectivity index (χ3n) is 2.19. The fraction of sp³-hybridized carbons (Fsp3) is 0.417. The van der Waals surface area contributed by atoms with Gasteiger partial charge in [0.25, 0.3) is 0 Å². The summed E-state index contributed by atoms with van der Waals surface area (Å²) in [5.74, 6) is 0.799. The number of hydrogen-bond acceptors (Lipinski definition) is 3. The summed E-state index contributed by atoms with van der Waals surface area (Å²) in [5, 5.41) is 8.85. The van der Waals surface area contributed by atoms with Gasteiger partial charge in [0.05, 0.1) is 12.2 Å². The van der Waals surface area contributed by atoms with Crippen molar-refractivity contribution in [1.29, 1.82) is 0 Å². The molecule has 1 aromatic carbocycles. The van der Waals surface area contributed by atoms with Crippen molar-refractivity contribution in [2.75, 3.05) is 18.6 Å². The van der Waals surface area contributed by atoms with Crippen molar-refractivity contribution < 1.29 is 14.6 Å². The van der Waals surface area contributed by atoms with Gasteiger partial charge >= 0.3 is 5.97 Å². The number of thioether (sulfide) groups is 1. The zero-order chi connectivity index (χ0) is 12.0. The molecular formula is C12H16O3S. The second kappa shape index (κ2) is 6.43. The molecule has 0 aliphatic rings. The monoisotopic (exact) mass is 240 g/mol. The van der Waals surface area contributed by atoms with Gasteiger partial charge in [0, 0.05) is 0 Å². The zero-order valence-electron chi connectivity index (χ0n) is 9.53. The van der Waals surface area contributed by atoms with Crippen LogP contribution in [0.5, 0.6) is 5.75 Å². The maximum Gasteiger partial charge on any atom is 0.335 e. The number of carbonyl (C=O) groups is 1. The van der Waals surface area contributed by atoms with Crippen LogP contribution in [-0.4, -0.2) is 29.7 Å². The van der Waals surface area contributed by atoms with E-state index in [0.29, 0.717) is 12.4 Å². The Morgan fingerprint density at radius 3 is 2.88 bits per heavy atom. The fourth-order valence-corrected chi connectivity index (χ4v) is 1.68. The number of benzene rings is 1. The maximum absolute atomic E-state index is 10.8. The van der Waals surface area contributed by atoms with Crippen LogP contribution in [-0.2, 0) is 0 Å². The van der Waals surface area contributed by atoms with Crippen molar-refractivity contribution in [1.82, 2.24) is 0 Å². The normalized spacial score (nSPS) is 10.1. The molecule has 0 aliphatic carbocycles. The van der Waals surface area contributed by atoms with Gasteiger partial charge in [0.1, 0.15) is 5.75 Å². The summed E-state index contributed by atoms with van der Waals surface area (Å²) in [5.41, 5.74) is 1.24. The van der Waals surface area contributed by atoms with Crippen LogP contribution >= 0.6 is 11.8 Å². The van der Waals surface area contributed by atoms with Crippen LogP contribution in [0.3, 0.4) is 0 Å². The summed E-state index contributed by atoms with van der Waals surface area (Å²) in [4.78, 5) is 10.8. The summed E-state index contributed by atoms with van der Waals surface area (Å²) < 4.78 is 5.55. The molecule has 4 heteroatoms. The Morgan fingerprint density at radius 2 is 2.25 bits per heavy atom. The lowest BCUT2D eigenvalue weighted by atomic mass is 10.1. The van der Waals surface area contributed by atoms with Gasteiger partial charge in [0.15, 0.2) is 0 Å². The minimum atomic E-state index is -0.922. The SMILES string of the molecule is CSCCCOc1cc(C(=O)O)ccc1C. The third kappa shape index (κ3) is 3.77. The van der Waals surface area contributed by atoms with Crippen LogP contribution in [0.25, 0.3) is 0 Å². The molecule has 0 atom stereocenters. The second-order valence-corrected chi connectivity index (χ2v) is 4.47. The largest absolute Gasteiger partial charge is 0.493 e. The van der Waals surface area contributed by atoms with Crippen LogP contribution in [0.4, 0.5) is 0 Å². The van der Waals surface area contributed by atoms with Gasteiger partial charge in [-0.3, -0.25) is 0 Å². The average Bonchev–Trinajstić information content (AvgIpc) is 2.26. The van der Waals surface area contributed by atoms with Crippen LogP contribution in [0.1, 0.15) is 22.3 Å². The Bertz CT molecular complexity index is 363. The second-order valence-electron chi connectivity index (χ2n) is 3.48. The fourth-order valence-electron chi connectivity index (χ4n) is 1.27. The number of hydrogen-bond donors (Lipinski definition) is 1. The molecule has 0 spiro atoms. The van der Waals surface area contributed by atoms with E-state index in [9.17, 15) is 4.79 Å². The molecule has 1 N–H and O–H groups in total. The van der Waals surface area contributed by atoms with E-state index in [-0.39, 0.29) is 5.56 Å². The van der Waals surface area contributed by atoms with Crippen molar-refractivity contribution in [2.24, 2.45) is 0 Å². The quantitative estimate of drug-likeness (QED) is 0.777. The summed E-state index contributed by atoms with van der Waals surface area (Å²) in [6.07, 6.45) is 3.02. The van der Waals surface area contributed by atoms with Gasteiger partial charge in [-0.1, -0.05) is 6.07 Å². The summed E-state index contributed by atoms with van der Waals surface area (Å²) in [6, 6.07) is 4.94. The predicted molar refractivity (Wildman–Crippen MR) is 66.6 cm³/mol. The van der Waals surface area contributed by atoms with E-state index in [4.69, 9.17) is 9.84 Å². The van der Waals surface area contributed by atoms with Gasteiger partial charge in [0.2, 0.25) is 0 Å². The van der Waals surface area contributed by atoms with Crippen molar-refractivity contribution in [2.45, 2.75) is 13.3 Å². The van der Waals surface area contributed by atoms with E-state index in [1.165, 1.54) is 0 Å². The minimum Gasteiger partial charge on any atom is -0.493 e. The predicted octanol–water partition coefficient (Wildman–Crippen LogP) is 2.83. The first-order chi connectivity index (χ1) is 7.65. The molecule has 1 aromatic rings. The van der Waals surface area contributed by atoms with E-state index in [0.717, 1.165) is 17.7 Å². The first kappa shape index (κ1) is 12.9. The molecule has 0 saturated carbocycles. The van der Waals surface area contributed by atoms with Gasteiger partial charge in [-0.25, -0.2) is 4.79 Å². The molecule has 16 heavy (non-hydrogen) atoms. The van der Waals surface area contributed by atoms with E-state index in [1.807, 2.05) is 6.92 Å².